The van der Waals surface area contributed by atoms with Crippen LogP contribution < -0.4 is 10.6 Å². The highest BCUT2D eigenvalue weighted by Crippen LogP contribution is 2.05. The molecular formula is C13H20ClN3O2S. The van der Waals surface area contributed by atoms with Gasteiger partial charge in [0, 0.05) is 43.5 Å². The van der Waals surface area contributed by atoms with Gasteiger partial charge >= 0.3 is 0 Å². The van der Waals surface area contributed by atoms with Gasteiger partial charge in [-0.05, 0) is 24.4 Å². The Morgan fingerprint density at radius 3 is 2.95 bits per heavy atom. The number of amides is 2. The highest BCUT2D eigenvalue weighted by Gasteiger charge is 2.15. The molecule has 1 aliphatic heterocycles. The van der Waals surface area contributed by atoms with E-state index in [1.807, 2.05) is 10.3 Å². The van der Waals surface area contributed by atoms with Crippen LogP contribution in [0.1, 0.15) is 23.2 Å². The van der Waals surface area contributed by atoms with E-state index in [9.17, 15) is 9.59 Å². The van der Waals surface area contributed by atoms with Crippen molar-refractivity contribution < 1.29 is 9.59 Å². The predicted octanol–water partition coefficient (Wildman–Crippen LogP) is 1.11. The summed E-state index contributed by atoms with van der Waals surface area (Å²) >= 11 is 1.49. The normalized spacial score (nSPS) is 15.1. The van der Waals surface area contributed by atoms with E-state index in [-0.39, 0.29) is 24.2 Å². The van der Waals surface area contributed by atoms with Gasteiger partial charge in [-0.15, -0.1) is 12.4 Å². The first-order chi connectivity index (χ1) is 9.27. The van der Waals surface area contributed by atoms with Gasteiger partial charge in [0.15, 0.2) is 0 Å². The van der Waals surface area contributed by atoms with Crippen molar-refractivity contribution in [1.82, 2.24) is 15.5 Å². The van der Waals surface area contributed by atoms with E-state index in [0.717, 1.165) is 32.6 Å². The molecule has 5 nitrogen and oxygen atoms in total. The van der Waals surface area contributed by atoms with Crippen molar-refractivity contribution in [3.63, 3.8) is 0 Å². The van der Waals surface area contributed by atoms with E-state index in [1.165, 1.54) is 11.3 Å². The second-order valence-electron chi connectivity index (χ2n) is 4.50. The molecule has 0 aliphatic carbocycles. The number of rotatable bonds is 4. The molecule has 7 heteroatoms. The van der Waals surface area contributed by atoms with Crippen molar-refractivity contribution in [3.8, 4) is 0 Å². The van der Waals surface area contributed by atoms with Crippen LogP contribution in [0.4, 0.5) is 0 Å². The van der Waals surface area contributed by atoms with Crippen LogP contribution in [0.2, 0.25) is 0 Å². The molecule has 0 spiro atoms. The molecule has 2 rings (SSSR count). The lowest BCUT2D eigenvalue weighted by Gasteiger charge is -2.19. The Kier molecular flexibility index (Phi) is 7.58. The van der Waals surface area contributed by atoms with Crippen LogP contribution in [0, 0.1) is 0 Å². The number of carbonyl (C=O) groups is 2. The Labute approximate surface area is 129 Å². The monoisotopic (exact) mass is 317 g/mol. The van der Waals surface area contributed by atoms with E-state index in [0.29, 0.717) is 18.5 Å². The predicted molar refractivity (Wildman–Crippen MR) is 82.6 cm³/mol. The maximum atomic E-state index is 12.0. The van der Waals surface area contributed by atoms with Gasteiger partial charge < -0.3 is 15.5 Å². The maximum absolute atomic E-state index is 12.0. The van der Waals surface area contributed by atoms with Gasteiger partial charge in [0.05, 0.1) is 0 Å². The van der Waals surface area contributed by atoms with Crippen LogP contribution in [-0.2, 0) is 4.79 Å². The molecule has 0 bridgehead atoms. The minimum absolute atomic E-state index is 0. The molecule has 2 N–H and O–H groups in total. The minimum atomic E-state index is -0.105. The molecule has 1 fully saturated rings. The number of carbonyl (C=O) groups excluding carboxylic acids is 2. The summed E-state index contributed by atoms with van der Waals surface area (Å²) in [6, 6.07) is 1.78. The van der Waals surface area contributed by atoms with E-state index in [4.69, 9.17) is 0 Å². The Morgan fingerprint density at radius 2 is 2.20 bits per heavy atom. The Hall–Kier alpha value is -1.11. The van der Waals surface area contributed by atoms with E-state index >= 15 is 0 Å². The van der Waals surface area contributed by atoms with Crippen LogP contribution in [-0.4, -0.2) is 49.4 Å². The van der Waals surface area contributed by atoms with Crippen molar-refractivity contribution >= 4 is 35.6 Å². The maximum Gasteiger partial charge on any atom is 0.252 e. The standard InChI is InChI=1S/C13H19N3O2S.ClH/c17-12(16-7-1-4-14-6-8-16)2-5-15-13(18)11-3-9-19-10-11;/h3,9-10,14H,1-2,4-8H2,(H,15,18);1H. The summed E-state index contributed by atoms with van der Waals surface area (Å²) in [5, 5.41) is 9.71. The highest BCUT2D eigenvalue weighted by atomic mass is 35.5. The zero-order valence-corrected chi connectivity index (χ0v) is 12.9. The number of halogens is 1. The first kappa shape index (κ1) is 16.9. The molecule has 0 saturated carbocycles. The topological polar surface area (TPSA) is 61.4 Å². The smallest absolute Gasteiger partial charge is 0.252 e. The molecule has 0 atom stereocenters. The van der Waals surface area contributed by atoms with E-state index < -0.39 is 0 Å². The summed E-state index contributed by atoms with van der Waals surface area (Å²) in [7, 11) is 0. The number of nitrogens with one attached hydrogen (secondary N) is 2. The second kappa shape index (κ2) is 8.94. The summed E-state index contributed by atoms with van der Waals surface area (Å²) in [5.41, 5.74) is 0.663. The Bertz CT molecular complexity index is 417. The average Bonchev–Trinajstić information content (AvgIpc) is 2.81. The lowest BCUT2D eigenvalue weighted by Crippen LogP contribution is -2.36. The third-order valence-corrected chi connectivity index (χ3v) is 3.78. The third kappa shape index (κ3) is 5.11. The fourth-order valence-electron chi connectivity index (χ4n) is 2.03. The lowest BCUT2D eigenvalue weighted by atomic mass is 10.3. The fraction of sp³-hybridized carbons (Fsp3) is 0.538. The number of hydrogen-bond acceptors (Lipinski definition) is 4. The molecule has 1 aromatic rings. The van der Waals surface area contributed by atoms with Gasteiger partial charge in [0.2, 0.25) is 5.91 Å². The van der Waals surface area contributed by atoms with E-state index in [2.05, 4.69) is 10.6 Å². The molecule has 0 radical (unpaired) electrons. The average molecular weight is 318 g/mol. The van der Waals surface area contributed by atoms with Gasteiger partial charge in [-0.25, -0.2) is 0 Å². The highest BCUT2D eigenvalue weighted by molar-refractivity contribution is 7.08. The van der Waals surface area contributed by atoms with Crippen LogP contribution in [0.15, 0.2) is 16.8 Å². The molecule has 1 aliphatic rings. The van der Waals surface area contributed by atoms with Gasteiger partial charge in [-0.2, -0.15) is 11.3 Å². The SMILES string of the molecule is Cl.O=C(NCCC(=O)N1CCCNCC1)c1ccsc1. The van der Waals surface area contributed by atoms with Gasteiger partial charge in [0.1, 0.15) is 0 Å². The van der Waals surface area contributed by atoms with Crippen LogP contribution in [0.3, 0.4) is 0 Å². The molecule has 1 aromatic heterocycles. The van der Waals surface area contributed by atoms with Crippen LogP contribution in [0.25, 0.3) is 0 Å². The number of thiophene rings is 1. The molecule has 112 valence electrons. The van der Waals surface area contributed by atoms with Crippen molar-refractivity contribution in [1.29, 1.82) is 0 Å². The van der Waals surface area contributed by atoms with Gasteiger partial charge in [-0.1, -0.05) is 0 Å². The number of hydrogen-bond donors (Lipinski definition) is 2. The van der Waals surface area contributed by atoms with Crippen LogP contribution in [0.5, 0.6) is 0 Å². The molecule has 1 saturated heterocycles. The molecule has 0 unspecified atom stereocenters. The summed E-state index contributed by atoms with van der Waals surface area (Å²) < 4.78 is 0. The molecule has 2 amide bonds. The van der Waals surface area contributed by atoms with Gasteiger partial charge in [0.25, 0.3) is 5.91 Å². The van der Waals surface area contributed by atoms with Gasteiger partial charge in [-0.3, -0.25) is 9.59 Å². The Balaban J connectivity index is 0.00000200. The molecule has 2 heterocycles. The largest absolute Gasteiger partial charge is 0.351 e. The first-order valence-corrected chi connectivity index (χ1v) is 7.50. The summed E-state index contributed by atoms with van der Waals surface area (Å²) in [6.07, 6.45) is 1.36. The zero-order chi connectivity index (χ0) is 13.5. The quantitative estimate of drug-likeness (QED) is 0.874. The van der Waals surface area contributed by atoms with E-state index in [1.54, 1.807) is 11.4 Å². The lowest BCUT2D eigenvalue weighted by molar-refractivity contribution is -0.130. The summed E-state index contributed by atoms with van der Waals surface area (Å²) in [4.78, 5) is 25.5. The number of nitrogens with zero attached hydrogens (tertiary/aromatic N) is 1. The molecule has 0 aromatic carbocycles. The van der Waals surface area contributed by atoms with Crippen LogP contribution >= 0.6 is 23.7 Å². The van der Waals surface area contributed by atoms with Crippen molar-refractivity contribution in [2.24, 2.45) is 0 Å². The fourth-order valence-corrected chi connectivity index (χ4v) is 2.67. The van der Waals surface area contributed by atoms with Crippen molar-refractivity contribution in [2.75, 3.05) is 32.7 Å². The summed E-state index contributed by atoms with van der Waals surface area (Å²) in [6.45, 7) is 3.80. The minimum Gasteiger partial charge on any atom is -0.351 e. The molecular weight excluding hydrogens is 298 g/mol. The zero-order valence-electron chi connectivity index (χ0n) is 11.3. The third-order valence-electron chi connectivity index (χ3n) is 3.10. The Morgan fingerprint density at radius 1 is 1.35 bits per heavy atom. The second-order valence-corrected chi connectivity index (χ2v) is 5.28. The first-order valence-electron chi connectivity index (χ1n) is 6.56. The van der Waals surface area contributed by atoms with Crippen molar-refractivity contribution in [3.05, 3.63) is 22.4 Å². The van der Waals surface area contributed by atoms with Crippen molar-refractivity contribution in [2.45, 2.75) is 12.8 Å². The summed E-state index contributed by atoms with van der Waals surface area (Å²) in [5.74, 6) is 0.0147. The molecule has 20 heavy (non-hydrogen) atoms.